The number of rotatable bonds is 3. The minimum atomic E-state index is -4.64. The van der Waals surface area contributed by atoms with Gasteiger partial charge in [-0.15, -0.1) is 0 Å². The summed E-state index contributed by atoms with van der Waals surface area (Å²) in [7, 11) is 1.27. The van der Waals surface area contributed by atoms with Crippen LogP contribution in [-0.2, 0) is 6.18 Å². The Morgan fingerprint density at radius 3 is 2.43 bits per heavy atom. The summed E-state index contributed by atoms with van der Waals surface area (Å²) in [5, 5.41) is 11.0. The number of hydrogen-bond acceptors (Lipinski definition) is 4. The third-order valence-corrected chi connectivity index (χ3v) is 2.74. The molecule has 0 aliphatic heterocycles. The van der Waals surface area contributed by atoms with Gasteiger partial charge in [-0.05, 0) is 6.07 Å². The van der Waals surface area contributed by atoms with Gasteiger partial charge in [-0.25, -0.2) is 4.98 Å². The van der Waals surface area contributed by atoms with Crippen LogP contribution in [0.4, 0.5) is 18.9 Å². The number of pyridine rings is 1. The molecular formula is C13H9F3N2O3. The van der Waals surface area contributed by atoms with E-state index in [1.54, 1.807) is 0 Å². The van der Waals surface area contributed by atoms with Crippen molar-refractivity contribution in [3.63, 3.8) is 0 Å². The van der Waals surface area contributed by atoms with Crippen molar-refractivity contribution in [1.82, 2.24) is 4.98 Å². The van der Waals surface area contributed by atoms with Crippen LogP contribution in [0.25, 0.3) is 11.3 Å². The molecule has 0 fully saturated rings. The maximum Gasteiger partial charge on any atom is 0.417 e. The van der Waals surface area contributed by atoms with Gasteiger partial charge in [0, 0.05) is 17.7 Å². The Morgan fingerprint density at radius 1 is 1.19 bits per heavy atom. The Kier molecular flexibility index (Phi) is 3.79. The first-order valence-electron chi connectivity index (χ1n) is 5.70. The molecule has 2 aromatic rings. The fourth-order valence-electron chi connectivity index (χ4n) is 1.83. The molecule has 0 amide bonds. The third-order valence-electron chi connectivity index (χ3n) is 2.74. The molecule has 0 saturated carbocycles. The maximum absolute atomic E-state index is 13.0. The van der Waals surface area contributed by atoms with E-state index in [-0.39, 0.29) is 17.1 Å². The second-order valence-corrected chi connectivity index (χ2v) is 4.02. The summed E-state index contributed by atoms with van der Waals surface area (Å²) in [5.74, 6) is -0.00687. The van der Waals surface area contributed by atoms with Gasteiger partial charge in [-0.3, -0.25) is 10.1 Å². The van der Waals surface area contributed by atoms with E-state index < -0.39 is 22.4 Å². The summed E-state index contributed by atoms with van der Waals surface area (Å²) < 4.78 is 43.9. The quantitative estimate of drug-likeness (QED) is 0.640. The number of ether oxygens (including phenoxy) is 1. The Bertz CT molecular complexity index is 687. The molecule has 0 unspecified atom stereocenters. The molecule has 110 valence electrons. The number of nitro groups is 1. The summed E-state index contributed by atoms with van der Waals surface area (Å²) in [6.07, 6.45) is -4.64. The highest BCUT2D eigenvalue weighted by atomic mass is 19.4. The first kappa shape index (κ1) is 14.8. The van der Waals surface area contributed by atoms with E-state index >= 15 is 0 Å². The standard InChI is InChI=1S/C13H9F3N2O3/c1-21-11-7-6-10(18(19)20)12(17-11)8-4-2-3-5-9(8)13(14,15)16/h2-7H,1H3. The van der Waals surface area contributed by atoms with Gasteiger partial charge in [-0.2, -0.15) is 13.2 Å². The van der Waals surface area contributed by atoms with Crippen molar-refractivity contribution in [1.29, 1.82) is 0 Å². The largest absolute Gasteiger partial charge is 0.481 e. The summed E-state index contributed by atoms with van der Waals surface area (Å²) in [5.41, 5.74) is -2.26. The second-order valence-electron chi connectivity index (χ2n) is 4.02. The molecule has 0 atom stereocenters. The van der Waals surface area contributed by atoms with Crippen LogP contribution < -0.4 is 4.74 Å². The summed E-state index contributed by atoms with van der Waals surface area (Å²) in [6, 6.07) is 6.83. The van der Waals surface area contributed by atoms with Crippen LogP contribution in [0, 0.1) is 10.1 Å². The van der Waals surface area contributed by atoms with Crippen LogP contribution in [0.1, 0.15) is 5.56 Å². The van der Waals surface area contributed by atoms with Crippen LogP contribution in [-0.4, -0.2) is 17.0 Å². The number of halogens is 3. The van der Waals surface area contributed by atoms with E-state index in [4.69, 9.17) is 4.74 Å². The molecule has 1 aromatic carbocycles. The van der Waals surface area contributed by atoms with E-state index in [1.165, 1.54) is 25.3 Å². The fraction of sp³-hybridized carbons (Fsp3) is 0.154. The Morgan fingerprint density at radius 2 is 1.86 bits per heavy atom. The highest BCUT2D eigenvalue weighted by molar-refractivity contribution is 5.73. The lowest BCUT2D eigenvalue weighted by molar-refractivity contribution is -0.384. The molecule has 1 heterocycles. The Balaban J connectivity index is 2.75. The number of methoxy groups -OCH3 is 1. The number of benzene rings is 1. The summed E-state index contributed by atoms with van der Waals surface area (Å²) >= 11 is 0. The van der Waals surface area contributed by atoms with Gasteiger partial charge >= 0.3 is 6.18 Å². The van der Waals surface area contributed by atoms with Crippen LogP contribution in [0.15, 0.2) is 36.4 Å². The van der Waals surface area contributed by atoms with Crippen molar-refractivity contribution >= 4 is 5.69 Å². The first-order chi connectivity index (χ1) is 9.84. The van der Waals surface area contributed by atoms with Crippen molar-refractivity contribution in [2.75, 3.05) is 7.11 Å². The van der Waals surface area contributed by atoms with Gasteiger partial charge in [0.25, 0.3) is 5.69 Å². The average molecular weight is 298 g/mol. The van der Waals surface area contributed by atoms with Gasteiger partial charge in [0.1, 0.15) is 0 Å². The molecule has 8 heteroatoms. The lowest BCUT2D eigenvalue weighted by atomic mass is 10.0. The highest BCUT2D eigenvalue weighted by Gasteiger charge is 2.35. The first-order valence-corrected chi connectivity index (χ1v) is 5.70. The average Bonchev–Trinajstić information content (AvgIpc) is 2.45. The van der Waals surface area contributed by atoms with Crippen LogP contribution in [0.2, 0.25) is 0 Å². The predicted octanol–water partition coefficient (Wildman–Crippen LogP) is 3.68. The van der Waals surface area contributed by atoms with E-state index in [0.717, 1.165) is 18.2 Å². The van der Waals surface area contributed by atoms with E-state index in [2.05, 4.69) is 4.98 Å². The van der Waals surface area contributed by atoms with E-state index in [0.29, 0.717) is 0 Å². The van der Waals surface area contributed by atoms with Crippen molar-refractivity contribution in [3.05, 3.63) is 52.1 Å². The normalized spacial score (nSPS) is 11.2. The minimum Gasteiger partial charge on any atom is -0.481 e. The number of aromatic nitrogens is 1. The number of hydrogen-bond donors (Lipinski definition) is 0. The minimum absolute atomic E-state index is 0.00687. The zero-order chi connectivity index (χ0) is 15.6. The molecule has 0 spiro atoms. The highest BCUT2D eigenvalue weighted by Crippen LogP contribution is 2.39. The lowest BCUT2D eigenvalue weighted by Crippen LogP contribution is -2.08. The van der Waals surface area contributed by atoms with E-state index in [9.17, 15) is 23.3 Å². The maximum atomic E-state index is 13.0. The molecule has 5 nitrogen and oxygen atoms in total. The van der Waals surface area contributed by atoms with Crippen molar-refractivity contribution < 1.29 is 22.8 Å². The summed E-state index contributed by atoms with van der Waals surface area (Å²) in [6.45, 7) is 0. The SMILES string of the molecule is COc1ccc([N+](=O)[O-])c(-c2ccccc2C(F)(F)F)n1. The van der Waals surface area contributed by atoms with Crippen molar-refractivity contribution in [3.8, 4) is 17.1 Å². The summed E-state index contributed by atoms with van der Waals surface area (Å²) in [4.78, 5) is 14.0. The van der Waals surface area contributed by atoms with Gasteiger partial charge in [0.2, 0.25) is 5.88 Å². The van der Waals surface area contributed by atoms with Crippen LogP contribution >= 0.6 is 0 Å². The number of nitrogens with zero attached hydrogens (tertiary/aromatic N) is 2. The molecule has 1 aromatic heterocycles. The van der Waals surface area contributed by atoms with Crippen molar-refractivity contribution in [2.24, 2.45) is 0 Å². The van der Waals surface area contributed by atoms with Gasteiger partial charge in [0.05, 0.1) is 17.6 Å². The van der Waals surface area contributed by atoms with Gasteiger partial charge in [-0.1, -0.05) is 18.2 Å². The Labute approximate surface area is 117 Å². The lowest BCUT2D eigenvalue weighted by Gasteiger charge is -2.12. The fourth-order valence-corrected chi connectivity index (χ4v) is 1.83. The molecule has 0 bridgehead atoms. The molecule has 0 radical (unpaired) electrons. The third kappa shape index (κ3) is 2.93. The molecular weight excluding hydrogens is 289 g/mol. The monoisotopic (exact) mass is 298 g/mol. The van der Waals surface area contributed by atoms with Crippen molar-refractivity contribution in [2.45, 2.75) is 6.18 Å². The van der Waals surface area contributed by atoms with E-state index in [1.807, 2.05) is 0 Å². The predicted molar refractivity (Wildman–Crippen MR) is 67.9 cm³/mol. The molecule has 0 saturated heterocycles. The molecule has 0 N–H and O–H groups in total. The van der Waals surface area contributed by atoms with Gasteiger partial charge in [0.15, 0.2) is 5.69 Å². The Hall–Kier alpha value is -2.64. The van der Waals surface area contributed by atoms with Crippen LogP contribution in [0.3, 0.4) is 0 Å². The molecule has 0 aliphatic rings. The zero-order valence-electron chi connectivity index (χ0n) is 10.7. The zero-order valence-corrected chi connectivity index (χ0v) is 10.7. The number of alkyl halides is 3. The van der Waals surface area contributed by atoms with Crippen LogP contribution in [0.5, 0.6) is 5.88 Å². The second kappa shape index (κ2) is 5.39. The smallest absolute Gasteiger partial charge is 0.417 e. The molecule has 21 heavy (non-hydrogen) atoms. The van der Waals surface area contributed by atoms with Gasteiger partial charge < -0.3 is 4.74 Å². The topological polar surface area (TPSA) is 65.3 Å². The molecule has 2 rings (SSSR count). The molecule has 0 aliphatic carbocycles.